The van der Waals surface area contributed by atoms with Gasteiger partial charge in [0.25, 0.3) is 10.0 Å². The third-order valence-corrected chi connectivity index (χ3v) is 4.82. The summed E-state index contributed by atoms with van der Waals surface area (Å²) >= 11 is 6.61. The Kier molecular flexibility index (Phi) is 3.41. The van der Waals surface area contributed by atoms with Crippen molar-refractivity contribution in [1.82, 2.24) is 4.72 Å². The molecule has 0 atom stereocenters. The van der Waals surface area contributed by atoms with Crippen molar-refractivity contribution < 1.29 is 8.42 Å². The van der Waals surface area contributed by atoms with E-state index in [0.29, 0.717) is 4.34 Å². The molecule has 1 heterocycles. The number of hydrogen-bond donors (Lipinski definition) is 2. The van der Waals surface area contributed by atoms with Crippen molar-refractivity contribution in [1.29, 1.82) is 0 Å². The average molecular weight is 255 g/mol. The fourth-order valence-corrected chi connectivity index (χ4v) is 3.91. The molecule has 0 radical (unpaired) electrons. The second-order valence-corrected chi connectivity index (χ2v) is 6.66. The van der Waals surface area contributed by atoms with Crippen LogP contribution in [0, 0.1) is 0 Å². The van der Waals surface area contributed by atoms with E-state index in [1.165, 1.54) is 6.07 Å². The van der Waals surface area contributed by atoms with Gasteiger partial charge in [-0.1, -0.05) is 11.6 Å². The van der Waals surface area contributed by atoms with Gasteiger partial charge in [-0.05, 0) is 19.9 Å². The molecule has 0 unspecified atom stereocenters. The van der Waals surface area contributed by atoms with Crippen LogP contribution in [0.25, 0.3) is 0 Å². The summed E-state index contributed by atoms with van der Waals surface area (Å²) in [5, 5.41) is 0. The summed E-state index contributed by atoms with van der Waals surface area (Å²) in [6.45, 7) is 3.48. The van der Waals surface area contributed by atoms with Gasteiger partial charge in [0.1, 0.15) is 0 Å². The number of thiophene rings is 1. The van der Waals surface area contributed by atoms with Crippen LogP contribution in [-0.4, -0.2) is 14.5 Å². The van der Waals surface area contributed by atoms with Crippen LogP contribution in [0.1, 0.15) is 13.8 Å². The zero-order chi connectivity index (χ0) is 10.9. The first kappa shape index (κ1) is 11.8. The lowest BCUT2D eigenvalue weighted by Crippen LogP contribution is -2.30. The Morgan fingerprint density at radius 3 is 2.50 bits per heavy atom. The van der Waals surface area contributed by atoms with Gasteiger partial charge in [0.2, 0.25) is 0 Å². The molecule has 1 rings (SSSR count). The molecule has 0 aliphatic rings. The summed E-state index contributed by atoms with van der Waals surface area (Å²) in [7, 11) is -3.51. The highest BCUT2D eigenvalue weighted by atomic mass is 35.5. The molecule has 3 N–H and O–H groups in total. The van der Waals surface area contributed by atoms with Crippen LogP contribution in [0.2, 0.25) is 4.34 Å². The van der Waals surface area contributed by atoms with Crippen molar-refractivity contribution in [3.8, 4) is 0 Å². The molecular formula is C7H11ClN2O2S2. The van der Waals surface area contributed by atoms with Crippen LogP contribution in [0.5, 0.6) is 0 Å². The third-order valence-electron chi connectivity index (χ3n) is 1.33. The highest BCUT2D eigenvalue weighted by Gasteiger charge is 2.21. The van der Waals surface area contributed by atoms with Gasteiger partial charge in [0, 0.05) is 6.04 Å². The predicted molar refractivity (Wildman–Crippen MR) is 59.2 cm³/mol. The van der Waals surface area contributed by atoms with E-state index < -0.39 is 10.0 Å². The summed E-state index contributed by atoms with van der Waals surface area (Å²) in [6, 6.07) is 1.27. The van der Waals surface area contributed by atoms with Gasteiger partial charge in [0.15, 0.2) is 4.21 Å². The smallest absolute Gasteiger partial charge is 0.252 e. The monoisotopic (exact) mass is 254 g/mol. The topological polar surface area (TPSA) is 72.2 Å². The van der Waals surface area contributed by atoms with Gasteiger partial charge in [0.05, 0.1) is 10.0 Å². The minimum absolute atomic E-state index is 0.0798. The average Bonchev–Trinajstić information content (AvgIpc) is 2.27. The van der Waals surface area contributed by atoms with Crippen LogP contribution in [0.3, 0.4) is 0 Å². The van der Waals surface area contributed by atoms with Crippen molar-refractivity contribution in [2.75, 3.05) is 5.73 Å². The molecular weight excluding hydrogens is 244 g/mol. The number of nitrogen functional groups attached to an aromatic ring is 1. The molecule has 14 heavy (non-hydrogen) atoms. The molecule has 1 aromatic heterocycles. The molecule has 0 spiro atoms. The van der Waals surface area contributed by atoms with E-state index in [0.717, 1.165) is 11.3 Å². The van der Waals surface area contributed by atoms with Gasteiger partial charge < -0.3 is 5.73 Å². The Balaban J connectivity index is 3.10. The van der Waals surface area contributed by atoms with E-state index in [1.807, 2.05) is 0 Å². The van der Waals surface area contributed by atoms with E-state index in [4.69, 9.17) is 17.3 Å². The minimum atomic E-state index is -3.51. The lowest BCUT2D eigenvalue weighted by Gasteiger charge is -2.07. The second kappa shape index (κ2) is 4.06. The summed E-state index contributed by atoms with van der Waals surface area (Å²) in [4.78, 5) is 0. The largest absolute Gasteiger partial charge is 0.397 e. The molecule has 1 aromatic rings. The van der Waals surface area contributed by atoms with E-state index in [-0.39, 0.29) is 15.9 Å². The SMILES string of the molecule is CC(C)NS(=O)(=O)c1sc(Cl)cc1N. The molecule has 0 saturated heterocycles. The highest BCUT2D eigenvalue weighted by Crippen LogP contribution is 2.32. The van der Waals surface area contributed by atoms with Gasteiger partial charge in [-0.3, -0.25) is 0 Å². The van der Waals surface area contributed by atoms with E-state index in [2.05, 4.69) is 4.72 Å². The van der Waals surface area contributed by atoms with Crippen LogP contribution in [0.4, 0.5) is 5.69 Å². The van der Waals surface area contributed by atoms with Crippen LogP contribution in [-0.2, 0) is 10.0 Å². The molecule has 0 bridgehead atoms. The van der Waals surface area contributed by atoms with Crippen molar-refractivity contribution in [3.05, 3.63) is 10.4 Å². The van der Waals surface area contributed by atoms with Crippen molar-refractivity contribution >= 4 is 38.6 Å². The Morgan fingerprint density at radius 1 is 1.57 bits per heavy atom. The quantitative estimate of drug-likeness (QED) is 0.862. The predicted octanol–water partition coefficient (Wildman–Crippen LogP) is 1.67. The van der Waals surface area contributed by atoms with E-state index in [9.17, 15) is 8.42 Å². The summed E-state index contributed by atoms with van der Waals surface area (Å²) < 4.78 is 26.2. The fourth-order valence-electron chi connectivity index (χ4n) is 0.932. The first-order valence-corrected chi connectivity index (χ1v) is 6.58. The van der Waals surface area contributed by atoms with E-state index >= 15 is 0 Å². The van der Waals surface area contributed by atoms with Gasteiger partial charge in [-0.2, -0.15) is 0 Å². The molecule has 0 fully saturated rings. The molecule has 0 aliphatic carbocycles. The van der Waals surface area contributed by atoms with Crippen LogP contribution < -0.4 is 10.5 Å². The Hall–Kier alpha value is -0.300. The number of rotatable bonds is 3. The standard InChI is InChI=1S/C7H11ClN2O2S2/c1-4(2)10-14(11,12)7-5(9)3-6(8)13-7/h3-4,10H,9H2,1-2H3. The molecule has 0 amide bonds. The van der Waals surface area contributed by atoms with Crippen molar-refractivity contribution in [2.45, 2.75) is 24.1 Å². The number of hydrogen-bond acceptors (Lipinski definition) is 4. The number of anilines is 1. The van der Waals surface area contributed by atoms with Crippen molar-refractivity contribution in [3.63, 3.8) is 0 Å². The third kappa shape index (κ3) is 2.60. The fraction of sp³-hybridized carbons (Fsp3) is 0.429. The number of halogens is 1. The first-order chi connectivity index (χ1) is 6.33. The second-order valence-electron chi connectivity index (χ2n) is 3.07. The zero-order valence-corrected chi connectivity index (χ0v) is 10.1. The summed E-state index contributed by atoms with van der Waals surface area (Å²) in [6.07, 6.45) is 0. The number of nitrogens with one attached hydrogen (secondary N) is 1. The number of nitrogens with two attached hydrogens (primary N) is 1. The molecule has 0 saturated carbocycles. The van der Waals surface area contributed by atoms with Crippen molar-refractivity contribution in [2.24, 2.45) is 0 Å². The maximum atomic E-state index is 11.6. The lowest BCUT2D eigenvalue weighted by molar-refractivity contribution is 0.572. The molecule has 0 aliphatic heterocycles. The van der Waals surface area contributed by atoms with Gasteiger partial charge in [-0.15, -0.1) is 11.3 Å². The first-order valence-electron chi connectivity index (χ1n) is 3.90. The maximum absolute atomic E-state index is 11.6. The Bertz CT molecular complexity index is 425. The van der Waals surface area contributed by atoms with E-state index in [1.54, 1.807) is 13.8 Å². The normalized spacial score (nSPS) is 12.3. The number of sulfonamides is 1. The Morgan fingerprint density at radius 2 is 2.14 bits per heavy atom. The minimum Gasteiger partial charge on any atom is -0.397 e. The summed E-state index contributed by atoms with van der Waals surface area (Å²) in [5.74, 6) is 0. The molecule has 4 nitrogen and oxygen atoms in total. The Labute approximate surface area is 92.1 Å². The van der Waals surface area contributed by atoms with Crippen LogP contribution in [0.15, 0.2) is 10.3 Å². The maximum Gasteiger partial charge on any atom is 0.252 e. The molecule has 0 aromatic carbocycles. The van der Waals surface area contributed by atoms with Gasteiger partial charge in [-0.25, -0.2) is 13.1 Å². The van der Waals surface area contributed by atoms with Crippen LogP contribution >= 0.6 is 22.9 Å². The highest BCUT2D eigenvalue weighted by molar-refractivity contribution is 7.91. The lowest BCUT2D eigenvalue weighted by atomic mass is 10.4. The summed E-state index contributed by atoms with van der Waals surface area (Å²) in [5.41, 5.74) is 5.70. The zero-order valence-electron chi connectivity index (χ0n) is 7.74. The molecule has 7 heteroatoms. The van der Waals surface area contributed by atoms with Gasteiger partial charge >= 0.3 is 0 Å². The molecule has 80 valence electrons.